The lowest BCUT2D eigenvalue weighted by Crippen LogP contribution is -2.37. The first-order valence-electron chi connectivity index (χ1n) is 8.57. The Hall–Kier alpha value is -2.24. The third kappa shape index (κ3) is 5.37. The average Bonchev–Trinajstić information content (AvgIpc) is 2.52. The molecule has 0 aromatic heterocycles. The second kappa shape index (κ2) is 7.76. The number of carbonyl (C=O) groups excluding carboxylic acids is 1. The molecule has 1 aliphatic rings. The molecule has 1 aliphatic heterocycles. The number of hydrogen-bond acceptors (Lipinski definition) is 5. The molecule has 1 fully saturated rings. The Balaban J connectivity index is 2.08. The first-order chi connectivity index (χ1) is 11.7. The maximum Gasteiger partial charge on any atom is 0.335 e. The minimum absolute atomic E-state index is 0.174. The standard InChI is InChI=1S/C19H27NO5/c1-19(2,3)25-17(21)10-13-6-5-9-20(12-13)15-8-7-14(18(22)23)11-16(15)24-4/h7-8,11,13H,5-6,9-10,12H2,1-4H3,(H,22,23)/t13-/m0/s1. The van der Waals surface area contributed by atoms with Gasteiger partial charge in [-0.3, -0.25) is 4.79 Å². The maximum atomic E-state index is 12.1. The molecule has 0 bridgehead atoms. The number of piperidine rings is 1. The molecule has 138 valence electrons. The number of ether oxygens (including phenoxy) is 2. The minimum atomic E-state index is -0.980. The Morgan fingerprint density at radius 2 is 2.04 bits per heavy atom. The Labute approximate surface area is 148 Å². The molecule has 0 saturated carbocycles. The van der Waals surface area contributed by atoms with E-state index >= 15 is 0 Å². The number of carboxylic acids is 1. The highest BCUT2D eigenvalue weighted by molar-refractivity contribution is 5.89. The van der Waals surface area contributed by atoms with Crippen molar-refractivity contribution in [1.82, 2.24) is 0 Å². The van der Waals surface area contributed by atoms with Crippen LogP contribution in [0.2, 0.25) is 0 Å². The number of carbonyl (C=O) groups is 2. The zero-order chi connectivity index (χ0) is 18.6. The van der Waals surface area contributed by atoms with Gasteiger partial charge in [0.1, 0.15) is 11.4 Å². The molecule has 1 N–H and O–H groups in total. The summed E-state index contributed by atoms with van der Waals surface area (Å²) >= 11 is 0. The monoisotopic (exact) mass is 349 g/mol. The van der Waals surface area contributed by atoms with Gasteiger partial charge in [0, 0.05) is 13.1 Å². The number of nitrogens with zero attached hydrogens (tertiary/aromatic N) is 1. The van der Waals surface area contributed by atoms with Crippen molar-refractivity contribution >= 4 is 17.6 Å². The van der Waals surface area contributed by atoms with E-state index in [0.717, 1.165) is 31.6 Å². The van der Waals surface area contributed by atoms with Crippen LogP contribution in [-0.4, -0.2) is 42.8 Å². The van der Waals surface area contributed by atoms with Crippen LogP contribution in [0.5, 0.6) is 5.75 Å². The quantitative estimate of drug-likeness (QED) is 0.822. The molecule has 25 heavy (non-hydrogen) atoms. The van der Waals surface area contributed by atoms with Gasteiger partial charge in [-0.15, -0.1) is 0 Å². The highest BCUT2D eigenvalue weighted by Crippen LogP contribution is 2.33. The van der Waals surface area contributed by atoms with Crippen molar-refractivity contribution in [2.75, 3.05) is 25.1 Å². The van der Waals surface area contributed by atoms with Crippen LogP contribution in [0.15, 0.2) is 18.2 Å². The Morgan fingerprint density at radius 3 is 2.64 bits per heavy atom. The molecule has 0 amide bonds. The zero-order valence-electron chi connectivity index (χ0n) is 15.4. The molecule has 0 unspecified atom stereocenters. The van der Waals surface area contributed by atoms with E-state index in [4.69, 9.17) is 14.6 Å². The van der Waals surface area contributed by atoms with Crippen molar-refractivity contribution in [2.24, 2.45) is 5.92 Å². The maximum absolute atomic E-state index is 12.1. The van der Waals surface area contributed by atoms with E-state index in [1.807, 2.05) is 20.8 Å². The molecule has 1 aromatic rings. The second-order valence-electron chi connectivity index (χ2n) is 7.44. The van der Waals surface area contributed by atoms with Crippen molar-refractivity contribution in [3.05, 3.63) is 23.8 Å². The predicted molar refractivity (Wildman–Crippen MR) is 95.4 cm³/mol. The summed E-state index contributed by atoms with van der Waals surface area (Å²) in [5.41, 5.74) is 0.589. The van der Waals surface area contributed by atoms with Gasteiger partial charge in [-0.05, 0) is 57.7 Å². The predicted octanol–water partition coefficient (Wildman–Crippen LogP) is 3.34. The molecule has 0 spiro atoms. The molecule has 1 heterocycles. The van der Waals surface area contributed by atoms with E-state index in [-0.39, 0.29) is 17.5 Å². The molecule has 2 rings (SSSR count). The van der Waals surface area contributed by atoms with Gasteiger partial charge in [-0.25, -0.2) is 4.79 Å². The van der Waals surface area contributed by atoms with Crippen molar-refractivity contribution in [2.45, 2.75) is 45.6 Å². The molecule has 1 atom stereocenters. The lowest BCUT2D eigenvalue weighted by molar-refractivity contribution is -0.156. The van der Waals surface area contributed by atoms with Crippen LogP contribution in [0, 0.1) is 5.92 Å². The summed E-state index contributed by atoms with van der Waals surface area (Å²) in [6.45, 7) is 7.18. The summed E-state index contributed by atoms with van der Waals surface area (Å²) in [7, 11) is 1.53. The minimum Gasteiger partial charge on any atom is -0.495 e. The van der Waals surface area contributed by atoms with Crippen LogP contribution in [-0.2, 0) is 9.53 Å². The largest absolute Gasteiger partial charge is 0.495 e. The van der Waals surface area contributed by atoms with E-state index in [1.165, 1.54) is 13.2 Å². The Morgan fingerprint density at radius 1 is 1.32 bits per heavy atom. The summed E-state index contributed by atoms with van der Waals surface area (Å²) in [5.74, 6) is -0.399. The highest BCUT2D eigenvalue weighted by Gasteiger charge is 2.26. The summed E-state index contributed by atoms with van der Waals surface area (Å²) in [6.07, 6.45) is 2.34. The molecular weight excluding hydrogens is 322 g/mol. The van der Waals surface area contributed by atoms with Crippen LogP contribution in [0.3, 0.4) is 0 Å². The average molecular weight is 349 g/mol. The normalized spacial score (nSPS) is 17.9. The van der Waals surface area contributed by atoms with Gasteiger partial charge in [-0.2, -0.15) is 0 Å². The SMILES string of the molecule is COc1cc(C(=O)O)ccc1N1CCC[C@@H](CC(=O)OC(C)(C)C)C1. The molecule has 1 saturated heterocycles. The number of aromatic carboxylic acids is 1. The topological polar surface area (TPSA) is 76.1 Å². The van der Waals surface area contributed by atoms with E-state index in [0.29, 0.717) is 12.2 Å². The van der Waals surface area contributed by atoms with Gasteiger partial charge in [-0.1, -0.05) is 0 Å². The fraction of sp³-hybridized carbons (Fsp3) is 0.579. The van der Waals surface area contributed by atoms with Crippen LogP contribution < -0.4 is 9.64 Å². The molecule has 6 nitrogen and oxygen atoms in total. The fourth-order valence-corrected chi connectivity index (χ4v) is 3.14. The smallest absolute Gasteiger partial charge is 0.335 e. The van der Waals surface area contributed by atoms with Gasteiger partial charge in [0.05, 0.1) is 24.8 Å². The first-order valence-corrected chi connectivity index (χ1v) is 8.57. The van der Waals surface area contributed by atoms with Crippen molar-refractivity contribution < 1.29 is 24.2 Å². The number of carboxylic acid groups (broad SMARTS) is 1. The number of rotatable bonds is 5. The lowest BCUT2D eigenvalue weighted by Gasteiger charge is -2.35. The van der Waals surface area contributed by atoms with Crippen molar-refractivity contribution in [3.63, 3.8) is 0 Å². The Bertz CT molecular complexity index is 635. The van der Waals surface area contributed by atoms with E-state index in [2.05, 4.69) is 4.90 Å². The van der Waals surface area contributed by atoms with Crippen LogP contribution in [0.1, 0.15) is 50.4 Å². The van der Waals surface area contributed by atoms with Crippen LogP contribution in [0.4, 0.5) is 5.69 Å². The van der Waals surface area contributed by atoms with Gasteiger partial charge < -0.3 is 19.5 Å². The molecular formula is C19H27NO5. The number of methoxy groups -OCH3 is 1. The Kier molecular flexibility index (Phi) is 5.93. The van der Waals surface area contributed by atoms with E-state index < -0.39 is 11.6 Å². The second-order valence-corrected chi connectivity index (χ2v) is 7.44. The van der Waals surface area contributed by atoms with Gasteiger partial charge in [0.15, 0.2) is 0 Å². The summed E-state index contributed by atoms with van der Waals surface area (Å²) in [5, 5.41) is 9.12. The van der Waals surface area contributed by atoms with E-state index in [9.17, 15) is 9.59 Å². The van der Waals surface area contributed by atoms with E-state index in [1.54, 1.807) is 12.1 Å². The highest BCUT2D eigenvalue weighted by atomic mass is 16.6. The van der Waals surface area contributed by atoms with Crippen molar-refractivity contribution in [3.8, 4) is 5.75 Å². The number of anilines is 1. The summed E-state index contributed by atoms with van der Waals surface area (Å²) in [4.78, 5) is 25.4. The van der Waals surface area contributed by atoms with Gasteiger partial charge in [0.25, 0.3) is 0 Å². The third-order valence-corrected chi connectivity index (χ3v) is 4.16. The molecule has 0 aliphatic carbocycles. The molecule has 6 heteroatoms. The number of hydrogen-bond donors (Lipinski definition) is 1. The van der Waals surface area contributed by atoms with Crippen LogP contribution in [0.25, 0.3) is 0 Å². The number of benzene rings is 1. The van der Waals surface area contributed by atoms with Crippen molar-refractivity contribution in [1.29, 1.82) is 0 Å². The summed E-state index contributed by atoms with van der Waals surface area (Å²) < 4.78 is 10.8. The molecule has 0 radical (unpaired) electrons. The third-order valence-electron chi connectivity index (χ3n) is 4.16. The lowest BCUT2D eigenvalue weighted by atomic mass is 9.94. The van der Waals surface area contributed by atoms with Gasteiger partial charge >= 0.3 is 11.9 Å². The fourth-order valence-electron chi connectivity index (χ4n) is 3.14. The summed E-state index contributed by atoms with van der Waals surface area (Å²) in [6, 6.07) is 4.89. The zero-order valence-corrected chi connectivity index (χ0v) is 15.4. The van der Waals surface area contributed by atoms with Crippen LogP contribution >= 0.6 is 0 Å². The van der Waals surface area contributed by atoms with Gasteiger partial charge in [0.2, 0.25) is 0 Å². The molecule has 1 aromatic carbocycles. The first kappa shape index (κ1) is 19.1. The number of esters is 1.